The van der Waals surface area contributed by atoms with Crippen molar-refractivity contribution in [2.24, 2.45) is 0 Å². The second-order valence-corrected chi connectivity index (χ2v) is 5.31. The Morgan fingerprint density at radius 1 is 1.06 bits per heavy atom. The van der Waals surface area contributed by atoms with Crippen LogP contribution in [-0.2, 0) is 6.54 Å². The number of nitrogens with zero attached hydrogens (tertiary/aromatic N) is 2. The van der Waals surface area contributed by atoms with Gasteiger partial charge in [-0.3, -0.25) is 4.68 Å². The summed E-state index contributed by atoms with van der Waals surface area (Å²) in [5.41, 5.74) is 0. The molecule has 0 fully saturated rings. The molecule has 0 saturated carbocycles. The maximum atomic E-state index is 4.24. The van der Waals surface area contributed by atoms with E-state index >= 15 is 0 Å². The third kappa shape index (κ3) is 6.31. The van der Waals surface area contributed by atoms with Gasteiger partial charge in [-0.15, -0.1) is 0 Å². The van der Waals surface area contributed by atoms with Crippen LogP contribution in [0.1, 0.15) is 58.3 Å². The third-order valence-electron chi connectivity index (χ3n) is 2.84. The molecule has 0 aromatic carbocycles. The van der Waals surface area contributed by atoms with Crippen LogP contribution in [0.15, 0.2) is 16.9 Å². The smallest absolute Gasteiger partial charge is 0.0632 e. The number of hydrogen-bond acceptors (Lipinski definition) is 1. The van der Waals surface area contributed by atoms with E-state index < -0.39 is 0 Å². The Morgan fingerprint density at radius 3 is 2.25 bits per heavy atom. The Bertz CT molecular complexity index is 271. The Balaban J connectivity index is 1.88. The first-order chi connectivity index (χ1) is 7.83. The molecule has 0 spiro atoms. The highest BCUT2D eigenvalue weighted by Gasteiger charge is 1.95. The summed E-state index contributed by atoms with van der Waals surface area (Å²) in [5, 5.41) is 4.24. The Kier molecular flexibility index (Phi) is 7.56. The number of halogens is 1. The molecular formula is C13H23BrN2. The number of rotatable bonds is 9. The van der Waals surface area contributed by atoms with Crippen LogP contribution in [0.4, 0.5) is 0 Å². The van der Waals surface area contributed by atoms with Crippen LogP contribution < -0.4 is 0 Å². The summed E-state index contributed by atoms with van der Waals surface area (Å²) in [6.45, 7) is 3.32. The fraction of sp³-hybridized carbons (Fsp3) is 0.769. The lowest BCUT2D eigenvalue weighted by molar-refractivity contribution is 0.520. The first-order valence-corrected chi connectivity index (χ1v) is 7.30. The minimum absolute atomic E-state index is 1.06. The van der Waals surface area contributed by atoms with Gasteiger partial charge in [0, 0.05) is 12.7 Å². The second-order valence-electron chi connectivity index (χ2n) is 4.40. The van der Waals surface area contributed by atoms with E-state index in [1.54, 1.807) is 0 Å². The van der Waals surface area contributed by atoms with E-state index in [0.717, 1.165) is 11.0 Å². The molecule has 0 bridgehead atoms. The van der Waals surface area contributed by atoms with Crippen molar-refractivity contribution in [3.8, 4) is 0 Å². The fourth-order valence-electron chi connectivity index (χ4n) is 1.87. The number of aromatic nitrogens is 2. The quantitative estimate of drug-likeness (QED) is 0.597. The maximum absolute atomic E-state index is 4.24. The van der Waals surface area contributed by atoms with Crippen LogP contribution in [0.2, 0.25) is 0 Å². The van der Waals surface area contributed by atoms with Crippen molar-refractivity contribution in [2.45, 2.75) is 64.8 Å². The van der Waals surface area contributed by atoms with E-state index in [1.807, 2.05) is 17.1 Å². The van der Waals surface area contributed by atoms with Crippen LogP contribution in [0.25, 0.3) is 0 Å². The fourth-order valence-corrected chi connectivity index (χ4v) is 2.20. The van der Waals surface area contributed by atoms with Gasteiger partial charge in [0.05, 0.1) is 10.7 Å². The van der Waals surface area contributed by atoms with Crippen molar-refractivity contribution in [1.29, 1.82) is 0 Å². The zero-order chi connectivity index (χ0) is 11.6. The molecule has 0 aliphatic heterocycles. The highest BCUT2D eigenvalue weighted by Crippen LogP contribution is 2.10. The lowest BCUT2D eigenvalue weighted by atomic mass is 10.1. The van der Waals surface area contributed by atoms with Gasteiger partial charge in [0.1, 0.15) is 0 Å². The number of aryl methyl sites for hydroxylation is 1. The summed E-state index contributed by atoms with van der Waals surface area (Å²) in [5.74, 6) is 0. The summed E-state index contributed by atoms with van der Waals surface area (Å²) in [6, 6.07) is 0. The second kappa shape index (κ2) is 8.80. The molecule has 0 saturated heterocycles. The zero-order valence-corrected chi connectivity index (χ0v) is 11.9. The molecule has 0 N–H and O–H groups in total. The monoisotopic (exact) mass is 286 g/mol. The van der Waals surface area contributed by atoms with Gasteiger partial charge in [0.25, 0.3) is 0 Å². The molecular weight excluding hydrogens is 264 g/mol. The molecule has 0 unspecified atom stereocenters. The summed E-state index contributed by atoms with van der Waals surface area (Å²) >= 11 is 3.41. The van der Waals surface area contributed by atoms with E-state index in [2.05, 4.69) is 28.0 Å². The maximum Gasteiger partial charge on any atom is 0.0632 e. The first kappa shape index (κ1) is 13.8. The molecule has 3 heteroatoms. The molecule has 0 aliphatic rings. The van der Waals surface area contributed by atoms with E-state index in [4.69, 9.17) is 0 Å². The van der Waals surface area contributed by atoms with Gasteiger partial charge in [-0.25, -0.2) is 0 Å². The minimum Gasteiger partial charge on any atom is -0.272 e. The normalized spacial score (nSPS) is 10.9. The van der Waals surface area contributed by atoms with Gasteiger partial charge in [-0.2, -0.15) is 5.10 Å². The number of unbranched alkanes of at least 4 members (excludes halogenated alkanes) is 7. The van der Waals surface area contributed by atoms with Gasteiger partial charge >= 0.3 is 0 Å². The molecule has 0 atom stereocenters. The van der Waals surface area contributed by atoms with Crippen LogP contribution in [0.3, 0.4) is 0 Å². The molecule has 1 aromatic heterocycles. The predicted octanol–water partition coefficient (Wildman–Crippen LogP) is 4.79. The lowest BCUT2D eigenvalue weighted by Gasteiger charge is -2.02. The summed E-state index contributed by atoms with van der Waals surface area (Å²) in [6.07, 6.45) is 14.9. The zero-order valence-electron chi connectivity index (χ0n) is 10.3. The summed E-state index contributed by atoms with van der Waals surface area (Å²) in [4.78, 5) is 0. The average Bonchev–Trinajstić information content (AvgIpc) is 2.68. The van der Waals surface area contributed by atoms with Crippen molar-refractivity contribution in [1.82, 2.24) is 9.78 Å². The van der Waals surface area contributed by atoms with Crippen molar-refractivity contribution in [3.05, 3.63) is 16.9 Å². The van der Waals surface area contributed by atoms with Crippen LogP contribution in [-0.4, -0.2) is 9.78 Å². The third-order valence-corrected chi connectivity index (χ3v) is 3.25. The Morgan fingerprint density at radius 2 is 1.69 bits per heavy atom. The molecule has 0 amide bonds. The summed E-state index contributed by atoms with van der Waals surface area (Å²) < 4.78 is 3.09. The van der Waals surface area contributed by atoms with Crippen LogP contribution in [0.5, 0.6) is 0 Å². The molecule has 1 aromatic rings. The van der Waals surface area contributed by atoms with Crippen molar-refractivity contribution in [3.63, 3.8) is 0 Å². The van der Waals surface area contributed by atoms with E-state index in [1.165, 1.54) is 51.4 Å². The molecule has 0 radical (unpaired) electrons. The minimum atomic E-state index is 1.06. The average molecular weight is 287 g/mol. The van der Waals surface area contributed by atoms with E-state index in [-0.39, 0.29) is 0 Å². The van der Waals surface area contributed by atoms with Crippen LogP contribution >= 0.6 is 15.9 Å². The van der Waals surface area contributed by atoms with Crippen molar-refractivity contribution < 1.29 is 0 Å². The topological polar surface area (TPSA) is 17.8 Å². The van der Waals surface area contributed by atoms with Crippen molar-refractivity contribution >= 4 is 15.9 Å². The SMILES string of the molecule is CCCCCCCCCCn1cc(Br)cn1. The first-order valence-electron chi connectivity index (χ1n) is 6.51. The predicted molar refractivity (Wildman–Crippen MR) is 72.5 cm³/mol. The van der Waals surface area contributed by atoms with Gasteiger partial charge in [0.2, 0.25) is 0 Å². The van der Waals surface area contributed by atoms with E-state index in [9.17, 15) is 0 Å². The van der Waals surface area contributed by atoms with Gasteiger partial charge < -0.3 is 0 Å². The summed E-state index contributed by atoms with van der Waals surface area (Å²) in [7, 11) is 0. The van der Waals surface area contributed by atoms with Gasteiger partial charge in [0.15, 0.2) is 0 Å². The van der Waals surface area contributed by atoms with Crippen LogP contribution in [0, 0.1) is 0 Å². The standard InChI is InChI=1S/C13H23BrN2/c1-2-3-4-5-6-7-8-9-10-16-12-13(14)11-15-16/h11-12H,2-10H2,1H3. The molecule has 2 nitrogen and oxygen atoms in total. The molecule has 1 rings (SSSR count). The molecule has 92 valence electrons. The van der Waals surface area contributed by atoms with Crippen molar-refractivity contribution in [2.75, 3.05) is 0 Å². The Labute approximate surface area is 108 Å². The highest BCUT2D eigenvalue weighted by molar-refractivity contribution is 9.10. The highest BCUT2D eigenvalue weighted by atomic mass is 79.9. The molecule has 1 heterocycles. The molecule has 16 heavy (non-hydrogen) atoms. The van der Waals surface area contributed by atoms with Gasteiger partial charge in [-0.05, 0) is 22.4 Å². The largest absolute Gasteiger partial charge is 0.272 e. The number of hydrogen-bond donors (Lipinski definition) is 0. The van der Waals surface area contributed by atoms with Gasteiger partial charge in [-0.1, -0.05) is 51.9 Å². The lowest BCUT2D eigenvalue weighted by Crippen LogP contribution is -1.97. The molecule has 0 aliphatic carbocycles. The Hall–Kier alpha value is -0.310. The van der Waals surface area contributed by atoms with E-state index in [0.29, 0.717) is 0 Å².